The van der Waals surface area contributed by atoms with E-state index >= 15 is 0 Å². The first-order valence-corrected chi connectivity index (χ1v) is 13.4. The molecular formula is C34H33N4OPt-. The number of aromatic hydroxyl groups is 1. The van der Waals surface area contributed by atoms with Gasteiger partial charge in [0.25, 0.3) is 0 Å². The van der Waals surface area contributed by atoms with Crippen molar-refractivity contribution >= 4 is 33.8 Å². The quantitative estimate of drug-likeness (QED) is 0.191. The Hall–Kier alpha value is -3.69. The van der Waals surface area contributed by atoms with Crippen LogP contribution in [-0.4, -0.2) is 29.2 Å². The summed E-state index contributed by atoms with van der Waals surface area (Å²) in [6.45, 7) is 8.84. The van der Waals surface area contributed by atoms with Gasteiger partial charge in [-0.3, -0.25) is 4.98 Å². The first-order valence-electron chi connectivity index (χ1n) is 13.4. The summed E-state index contributed by atoms with van der Waals surface area (Å²) in [5, 5.41) is 11.7. The number of fused-ring (bicyclic) bond motifs is 3. The van der Waals surface area contributed by atoms with E-state index < -0.39 is 0 Å². The number of anilines is 4. The Balaban J connectivity index is 0.00000323. The zero-order valence-electron chi connectivity index (χ0n) is 23.6. The molecule has 40 heavy (non-hydrogen) atoms. The predicted molar refractivity (Wildman–Crippen MR) is 161 cm³/mol. The Kier molecular flexibility index (Phi) is 7.22. The van der Waals surface area contributed by atoms with E-state index in [1.807, 2.05) is 37.3 Å². The largest absolute Gasteiger partial charge is 0.506 e. The molecule has 0 radical (unpaired) electrons. The molecule has 0 saturated heterocycles. The predicted octanol–water partition coefficient (Wildman–Crippen LogP) is 8.10. The third-order valence-electron chi connectivity index (χ3n) is 7.89. The third kappa shape index (κ3) is 4.47. The Morgan fingerprint density at radius 1 is 0.900 bits per heavy atom. The summed E-state index contributed by atoms with van der Waals surface area (Å²) in [5.41, 5.74) is 8.74. The molecule has 0 saturated carbocycles. The average molecular weight is 709 g/mol. The molecule has 2 aromatic heterocycles. The first kappa shape index (κ1) is 27.9. The third-order valence-corrected chi connectivity index (χ3v) is 7.89. The van der Waals surface area contributed by atoms with Crippen LogP contribution in [0, 0.1) is 6.07 Å². The summed E-state index contributed by atoms with van der Waals surface area (Å²) in [6, 6.07) is 28.5. The van der Waals surface area contributed by atoms with Crippen LogP contribution in [0.4, 0.5) is 22.9 Å². The van der Waals surface area contributed by atoms with E-state index in [1.165, 1.54) is 16.7 Å². The first-order chi connectivity index (χ1) is 18.7. The maximum Gasteiger partial charge on any atom is 0.140 e. The number of pyridine rings is 2. The van der Waals surface area contributed by atoms with Gasteiger partial charge in [-0.15, -0.1) is 23.8 Å². The van der Waals surface area contributed by atoms with Crippen LogP contribution in [0.15, 0.2) is 79.0 Å². The van der Waals surface area contributed by atoms with E-state index in [0.29, 0.717) is 11.4 Å². The standard InChI is InChI=1S/C34H33N4O.Pt/c1-21(2)24-14-17-31(39)33-25(24)13-16-28(36-33)22-11-15-27-30(19-22)38(32-18-12-23(20-35-32)37(5)6)29-10-8-7-9-26(29)34(27,3)4;/h7-18,20-21,39H,1-6H3;/q-1;. The van der Waals surface area contributed by atoms with E-state index in [-0.39, 0.29) is 32.2 Å². The van der Waals surface area contributed by atoms with E-state index in [2.05, 4.69) is 93.3 Å². The summed E-state index contributed by atoms with van der Waals surface area (Å²) < 4.78 is 0. The molecule has 1 N–H and O–H groups in total. The summed E-state index contributed by atoms with van der Waals surface area (Å²) in [4.78, 5) is 14.0. The van der Waals surface area contributed by atoms with Crippen molar-refractivity contribution in [2.45, 2.75) is 39.0 Å². The van der Waals surface area contributed by atoms with Gasteiger partial charge in [-0.25, -0.2) is 4.98 Å². The number of rotatable bonds is 4. The number of phenols is 1. The minimum atomic E-state index is -0.220. The molecular weight excluding hydrogens is 675 g/mol. The fourth-order valence-electron chi connectivity index (χ4n) is 5.67. The zero-order valence-corrected chi connectivity index (χ0v) is 25.9. The molecule has 6 rings (SSSR count). The van der Waals surface area contributed by atoms with Crippen LogP contribution in [0.2, 0.25) is 0 Å². The molecule has 0 amide bonds. The number of benzene rings is 3. The van der Waals surface area contributed by atoms with Crippen molar-refractivity contribution in [3.05, 3.63) is 102 Å². The van der Waals surface area contributed by atoms with E-state index in [1.54, 1.807) is 6.07 Å². The SMILES string of the molecule is CC(C)c1ccc(O)c2nc(-c3[c-]c4c(cc3)C(C)(C)c3ccccc3N4c3ccc(N(C)C)cn3)ccc12.[Pt]. The second kappa shape index (κ2) is 10.4. The smallest absolute Gasteiger partial charge is 0.140 e. The van der Waals surface area contributed by atoms with Crippen LogP contribution in [0.25, 0.3) is 22.2 Å². The van der Waals surface area contributed by atoms with Gasteiger partial charge in [0.1, 0.15) is 17.1 Å². The Morgan fingerprint density at radius 2 is 1.68 bits per heavy atom. The molecule has 1 aliphatic heterocycles. The number of nitrogens with zero attached hydrogens (tertiary/aromatic N) is 4. The number of para-hydroxylation sites is 1. The van der Waals surface area contributed by atoms with E-state index in [9.17, 15) is 5.11 Å². The van der Waals surface area contributed by atoms with Crippen molar-refractivity contribution in [2.75, 3.05) is 23.9 Å². The number of hydrogen-bond acceptors (Lipinski definition) is 5. The zero-order chi connectivity index (χ0) is 27.5. The van der Waals surface area contributed by atoms with Gasteiger partial charge in [0, 0.05) is 46.2 Å². The maximum absolute atomic E-state index is 10.7. The van der Waals surface area contributed by atoms with Gasteiger partial charge < -0.3 is 14.9 Å². The molecule has 3 aromatic carbocycles. The van der Waals surface area contributed by atoms with Crippen LogP contribution in [0.1, 0.15) is 50.3 Å². The van der Waals surface area contributed by atoms with Gasteiger partial charge in [0.15, 0.2) is 0 Å². The van der Waals surface area contributed by atoms with E-state index in [4.69, 9.17) is 9.97 Å². The van der Waals surface area contributed by atoms with E-state index in [0.717, 1.165) is 39.5 Å². The molecule has 5 aromatic rings. The van der Waals surface area contributed by atoms with Crippen LogP contribution in [0.3, 0.4) is 0 Å². The Labute approximate surface area is 250 Å². The van der Waals surface area contributed by atoms with Gasteiger partial charge in [-0.2, -0.15) is 0 Å². The fourth-order valence-corrected chi connectivity index (χ4v) is 5.67. The number of aromatic nitrogens is 2. The molecule has 0 unspecified atom stereocenters. The molecule has 0 bridgehead atoms. The summed E-state index contributed by atoms with van der Waals surface area (Å²) in [6.07, 6.45) is 1.90. The maximum atomic E-state index is 10.7. The minimum absolute atomic E-state index is 0. The second-order valence-electron chi connectivity index (χ2n) is 11.3. The van der Waals surface area contributed by atoms with Gasteiger partial charge in [-0.05, 0) is 58.1 Å². The molecule has 6 heteroatoms. The van der Waals surface area contributed by atoms with Gasteiger partial charge in [0.05, 0.1) is 11.9 Å². The summed E-state index contributed by atoms with van der Waals surface area (Å²) in [7, 11) is 4.03. The second-order valence-corrected chi connectivity index (χ2v) is 11.3. The van der Waals surface area contributed by atoms with Gasteiger partial charge in [0.2, 0.25) is 0 Å². The van der Waals surface area contributed by atoms with Crippen molar-refractivity contribution in [1.82, 2.24) is 9.97 Å². The van der Waals surface area contributed by atoms with Crippen molar-refractivity contribution < 1.29 is 26.2 Å². The molecule has 0 fully saturated rings. The van der Waals surface area contributed by atoms with Gasteiger partial charge >= 0.3 is 0 Å². The van der Waals surface area contributed by atoms with Crippen molar-refractivity contribution in [3.8, 4) is 17.0 Å². The minimum Gasteiger partial charge on any atom is -0.506 e. The van der Waals surface area contributed by atoms with Crippen molar-refractivity contribution in [3.63, 3.8) is 0 Å². The van der Waals surface area contributed by atoms with Gasteiger partial charge in [-0.1, -0.05) is 69.7 Å². The van der Waals surface area contributed by atoms with Crippen LogP contribution < -0.4 is 9.80 Å². The molecule has 3 heterocycles. The Bertz CT molecular complexity index is 1710. The molecule has 1 aliphatic rings. The summed E-state index contributed by atoms with van der Waals surface area (Å²) >= 11 is 0. The average Bonchev–Trinajstić information content (AvgIpc) is 2.93. The molecule has 0 aliphatic carbocycles. The monoisotopic (exact) mass is 708 g/mol. The van der Waals surface area contributed by atoms with Crippen molar-refractivity contribution in [2.24, 2.45) is 0 Å². The number of phenolic OH excluding ortho intramolecular Hbond substituents is 1. The van der Waals surface area contributed by atoms with Crippen molar-refractivity contribution in [1.29, 1.82) is 0 Å². The van der Waals surface area contributed by atoms with Crippen LogP contribution in [-0.2, 0) is 26.5 Å². The normalized spacial score (nSPS) is 13.5. The van der Waals surface area contributed by atoms with Crippen LogP contribution >= 0.6 is 0 Å². The summed E-state index contributed by atoms with van der Waals surface area (Å²) in [5.74, 6) is 1.36. The molecule has 0 spiro atoms. The molecule has 0 atom stereocenters. The topological polar surface area (TPSA) is 52.5 Å². The molecule has 5 nitrogen and oxygen atoms in total. The molecule has 206 valence electrons. The fraction of sp³-hybridized carbons (Fsp3) is 0.235. The Morgan fingerprint density at radius 3 is 2.38 bits per heavy atom. The number of hydrogen-bond donors (Lipinski definition) is 1. The van der Waals surface area contributed by atoms with Crippen LogP contribution in [0.5, 0.6) is 5.75 Å².